The Balaban J connectivity index is 1.69. The van der Waals surface area contributed by atoms with Gasteiger partial charge in [-0.2, -0.15) is 0 Å². The van der Waals surface area contributed by atoms with Crippen LogP contribution in [0.3, 0.4) is 0 Å². The Labute approximate surface area is 145 Å². The lowest BCUT2D eigenvalue weighted by molar-refractivity contribution is -0.149. The number of nitrogens with zero attached hydrogens (tertiary/aromatic N) is 1. The molecule has 2 atom stereocenters. The molecule has 1 saturated heterocycles. The van der Waals surface area contributed by atoms with E-state index < -0.39 is 11.7 Å². The van der Waals surface area contributed by atoms with E-state index in [-0.39, 0.29) is 18.9 Å². The van der Waals surface area contributed by atoms with Crippen LogP contribution < -0.4 is 9.47 Å². The molecule has 1 aromatic carbocycles. The number of β-amino-alcohol motifs (C(OH)–C–C–N with tert-alkyl or cyclic N) is 1. The zero-order valence-corrected chi connectivity index (χ0v) is 14.4. The Hall–Kier alpha value is -1.50. The number of hydrogen-bond donors (Lipinski definition) is 2. The molecule has 132 valence electrons. The molecule has 0 bridgehead atoms. The first-order valence-electron chi connectivity index (χ1n) is 8.19. The number of ether oxygens (including phenoxy) is 2. The molecule has 24 heavy (non-hydrogen) atoms. The summed E-state index contributed by atoms with van der Waals surface area (Å²) in [5.41, 5.74) is -0.442. The molecule has 0 radical (unpaired) electrons. The average molecular weight is 356 g/mol. The van der Waals surface area contributed by atoms with Gasteiger partial charge >= 0.3 is 0 Å². The summed E-state index contributed by atoms with van der Waals surface area (Å²) in [6.07, 6.45) is 0.0123. The monoisotopic (exact) mass is 355 g/mol. The molecule has 7 heteroatoms. The summed E-state index contributed by atoms with van der Waals surface area (Å²) in [7, 11) is 0. The molecular weight excluding hydrogens is 334 g/mol. The van der Waals surface area contributed by atoms with E-state index in [1.54, 1.807) is 17.0 Å². The number of aliphatic hydroxyl groups excluding tert-OH is 1. The second-order valence-corrected chi connectivity index (χ2v) is 6.73. The smallest absolute Gasteiger partial charge is 0.227 e. The molecule has 2 heterocycles. The predicted molar refractivity (Wildman–Crippen MR) is 88.6 cm³/mol. The number of benzene rings is 1. The summed E-state index contributed by atoms with van der Waals surface area (Å²) in [5, 5.41) is 20.8. The number of amides is 1. The Morgan fingerprint density at radius 2 is 2.04 bits per heavy atom. The van der Waals surface area contributed by atoms with Crippen LogP contribution in [-0.4, -0.2) is 59.0 Å². The molecule has 0 aromatic heterocycles. The van der Waals surface area contributed by atoms with Crippen LogP contribution in [0.4, 0.5) is 0 Å². The number of carbonyl (C=O) groups excluding carboxylic acids is 1. The molecule has 1 aromatic rings. The maximum Gasteiger partial charge on any atom is 0.227 e. The highest BCUT2D eigenvalue weighted by atomic mass is 35.5. The Kier molecular flexibility index (Phi) is 4.90. The lowest BCUT2D eigenvalue weighted by Crippen LogP contribution is -2.56. The van der Waals surface area contributed by atoms with Crippen molar-refractivity contribution in [2.24, 2.45) is 0 Å². The fourth-order valence-corrected chi connectivity index (χ4v) is 3.34. The number of likely N-dealkylation sites (tertiary alicyclic amines) is 1. The van der Waals surface area contributed by atoms with E-state index >= 15 is 0 Å². The van der Waals surface area contributed by atoms with Gasteiger partial charge in [0.05, 0.1) is 12.0 Å². The first kappa shape index (κ1) is 17.3. The van der Waals surface area contributed by atoms with Crippen molar-refractivity contribution >= 4 is 17.5 Å². The van der Waals surface area contributed by atoms with Crippen LogP contribution in [0.2, 0.25) is 5.02 Å². The van der Waals surface area contributed by atoms with Gasteiger partial charge in [0.25, 0.3) is 0 Å². The van der Waals surface area contributed by atoms with Crippen LogP contribution in [0, 0.1) is 0 Å². The van der Waals surface area contributed by atoms with Crippen LogP contribution in [-0.2, 0) is 11.2 Å². The third-order valence-corrected chi connectivity index (χ3v) is 5.20. The third-order valence-electron chi connectivity index (χ3n) is 4.85. The third kappa shape index (κ3) is 3.31. The molecule has 0 unspecified atom stereocenters. The van der Waals surface area contributed by atoms with Gasteiger partial charge < -0.3 is 24.6 Å². The number of aliphatic hydroxyl groups is 2. The largest absolute Gasteiger partial charge is 0.486 e. The van der Waals surface area contributed by atoms with Crippen molar-refractivity contribution in [1.29, 1.82) is 0 Å². The van der Waals surface area contributed by atoms with Crippen molar-refractivity contribution in [3.63, 3.8) is 0 Å². The van der Waals surface area contributed by atoms with Gasteiger partial charge in [0.15, 0.2) is 11.5 Å². The van der Waals surface area contributed by atoms with E-state index in [0.29, 0.717) is 54.7 Å². The maximum atomic E-state index is 12.5. The van der Waals surface area contributed by atoms with Gasteiger partial charge in [0, 0.05) is 24.2 Å². The van der Waals surface area contributed by atoms with E-state index in [0.717, 1.165) is 0 Å². The highest BCUT2D eigenvalue weighted by Crippen LogP contribution is 2.36. The van der Waals surface area contributed by atoms with E-state index in [4.69, 9.17) is 21.1 Å². The first-order chi connectivity index (χ1) is 11.4. The van der Waals surface area contributed by atoms with Gasteiger partial charge in [-0.25, -0.2) is 0 Å². The molecule has 3 rings (SSSR count). The topological polar surface area (TPSA) is 79.2 Å². The zero-order chi connectivity index (χ0) is 17.3. The second kappa shape index (κ2) is 6.78. The van der Waals surface area contributed by atoms with Crippen LogP contribution >= 0.6 is 11.6 Å². The van der Waals surface area contributed by atoms with Crippen molar-refractivity contribution < 1.29 is 24.5 Å². The standard InChI is InChI=1S/C17H22ClNO5/c1-2-17(22)3-4-19(10-15(17)20)16(21)8-11-7-13-14(9-12(11)18)24-6-5-23-13/h7,9,15,20,22H,2-6,8,10H2,1H3/t15-,17-/m1/s1. The molecule has 1 amide bonds. The number of hydrogen-bond acceptors (Lipinski definition) is 5. The van der Waals surface area contributed by atoms with Gasteiger partial charge in [-0.3, -0.25) is 4.79 Å². The quantitative estimate of drug-likeness (QED) is 0.856. The predicted octanol–water partition coefficient (Wildman–Crippen LogP) is 1.39. The van der Waals surface area contributed by atoms with Crippen LogP contribution in [0.25, 0.3) is 0 Å². The molecular formula is C17H22ClNO5. The average Bonchev–Trinajstić information content (AvgIpc) is 2.58. The molecule has 2 aliphatic heterocycles. The van der Waals surface area contributed by atoms with Crippen molar-refractivity contribution in [3.05, 3.63) is 22.7 Å². The Morgan fingerprint density at radius 1 is 1.38 bits per heavy atom. The van der Waals surface area contributed by atoms with E-state index in [1.807, 2.05) is 6.92 Å². The van der Waals surface area contributed by atoms with Crippen LogP contribution in [0.15, 0.2) is 12.1 Å². The minimum absolute atomic E-state index is 0.118. The van der Waals surface area contributed by atoms with Gasteiger partial charge in [-0.15, -0.1) is 0 Å². The SMILES string of the molecule is CC[C@@]1(O)CCN(C(=O)Cc2cc3c(cc2Cl)OCCO3)C[C@H]1O. The lowest BCUT2D eigenvalue weighted by atomic mass is 9.86. The Bertz CT molecular complexity index is 638. The fraction of sp³-hybridized carbons (Fsp3) is 0.588. The second-order valence-electron chi connectivity index (χ2n) is 6.33. The van der Waals surface area contributed by atoms with E-state index in [1.165, 1.54) is 0 Å². The summed E-state index contributed by atoms with van der Waals surface area (Å²) in [6.45, 7) is 3.33. The lowest BCUT2D eigenvalue weighted by Gasteiger charge is -2.41. The van der Waals surface area contributed by atoms with Crippen molar-refractivity contribution in [3.8, 4) is 11.5 Å². The summed E-state index contributed by atoms with van der Waals surface area (Å²) < 4.78 is 11.0. The summed E-state index contributed by atoms with van der Waals surface area (Å²) in [6, 6.07) is 3.40. The van der Waals surface area contributed by atoms with Crippen molar-refractivity contribution in [1.82, 2.24) is 4.90 Å². The number of rotatable bonds is 3. The van der Waals surface area contributed by atoms with Crippen LogP contribution in [0.5, 0.6) is 11.5 Å². The number of piperidine rings is 1. The molecule has 1 fully saturated rings. The number of halogens is 1. The minimum Gasteiger partial charge on any atom is -0.486 e. The van der Waals surface area contributed by atoms with Gasteiger partial charge in [-0.1, -0.05) is 18.5 Å². The van der Waals surface area contributed by atoms with E-state index in [9.17, 15) is 15.0 Å². The molecule has 6 nitrogen and oxygen atoms in total. The molecule has 0 aliphatic carbocycles. The first-order valence-corrected chi connectivity index (χ1v) is 8.57. The molecule has 0 saturated carbocycles. The fourth-order valence-electron chi connectivity index (χ4n) is 3.12. The molecule has 2 aliphatic rings. The number of fused-ring (bicyclic) bond motifs is 1. The zero-order valence-electron chi connectivity index (χ0n) is 13.6. The van der Waals surface area contributed by atoms with Gasteiger partial charge in [-0.05, 0) is 24.5 Å². The minimum atomic E-state index is -1.11. The Morgan fingerprint density at radius 3 is 2.67 bits per heavy atom. The summed E-state index contributed by atoms with van der Waals surface area (Å²) in [5.74, 6) is 1.04. The number of carbonyl (C=O) groups is 1. The molecule has 2 N–H and O–H groups in total. The van der Waals surface area contributed by atoms with Gasteiger partial charge in [0.2, 0.25) is 5.91 Å². The highest BCUT2D eigenvalue weighted by Gasteiger charge is 2.40. The highest BCUT2D eigenvalue weighted by molar-refractivity contribution is 6.31. The van der Waals surface area contributed by atoms with Crippen molar-refractivity contribution in [2.45, 2.75) is 37.9 Å². The van der Waals surface area contributed by atoms with Gasteiger partial charge in [0.1, 0.15) is 19.3 Å². The summed E-state index contributed by atoms with van der Waals surface area (Å²) >= 11 is 6.24. The van der Waals surface area contributed by atoms with Crippen LogP contribution in [0.1, 0.15) is 25.3 Å². The van der Waals surface area contributed by atoms with E-state index in [2.05, 4.69) is 0 Å². The molecule has 0 spiro atoms. The summed E-state index contributed by atoms with van der Waals surface area (Å²) in [4.78, 5) is 14.1. The van der Waals surface area contributed by atoms with Crippen molar-refractivity contribution in [2.75, 3.05) is 26.3 Å². The normalized spacial score (nSPS) is 26.3. The maximum absolute atomic E-state index is 12.5.